The summed E-state index contributed by atoms with van der Waals surface area (Å²) in [4.78, 5) is 32.4. The van der Waals surface area contributed by atoms with E-state index >= 15 is 0 Å². The predicted molar refractivity (Wildman–Crippen MR) is 106 cm³/mol. The number of aromatic nitrogens is 1. The molecule has 0 unspecified atom stereocenters. The summed E-state index contributed by atoms with van der Waals surface area (Å²) in [6.07, 6.45) is 1.36. The molecule has 2 amide bonds. The summed E-state index contributed by atoms with van der Waals surface area (Å²) in [5.41, 5.74) is 1.13. The molecule has 1 N–H and O–H groups in total. The Bertz CT molecular complexity index is 817. The van der Waals surface area contributed by atoms with Crippen LogP contribution in [-0.4, -0.2) is 61.8 Å². The van der Waals surface area contributed by atoms with Crippen LogP contribution >= 0.6 is 0 Å². The highest BCUT2D eigenvalue weighted by molar-refractivity contribution is 6.04. The Morgan fingerprint density at radius 2 is 1.93 bits per heavy atom. The number of nitrogens with zero attached hydrogens (tertiary/aromatic N) is 3. The number of piperazine rings is 1. The molecule has 0 saturated carbocycles. The van der Waals surface area contributed by atoms with Crippen molar-refractivity contribution in [3.8, 4) is 5.75 Å². The monoisotopic (exact) mass is 384 g/mol. The molecule has 8 nitrogen and oxygen atoms in total. The van der Waals surface area contributed by atoms with Crippen LogP contribution in [-0.2, 0) is 4.74 Å². The first-order valence-electron chi connectivity index (χ1n) is 9.19. The zero-order valence-corrected chi connectivity index (χ0v) is 16.1. The third-order valence-corrected chi connectivity index (χ3v) is 4.47. The standard InChI is InChI=1S/C20H24N4O4/c1-3-28-20(26)24-11-9-23(10-12-24)18-8-7-16(14-21-18)22-19(25)15-5-4-6-17(13-15)27-2/h4-8,13-14H,3,9-12H2,1-2H3,(H,22,25). The van der Waals surface area contributed by atoms with Gasteiger partial charge in [-0.05, 0) is 37.3 Å². The number of pyridine rings is 1. The van der Waals surface area contributed by atoms with Gasteiger partial charge in [0.15, 0.2) is 0 Å². The highest BCUT2D eigenvalue weighted by atomic mass is 16.6. The van der Waals surface area contributed by atoms with E-state index in [0.717, 1.165) is 5.82 Å². The number of hydrogen-bond acceptors (Lipinski definition) is 6. The van der Waals surface area contributed by atoms with Crippen LogP contribution in [0.4, 0.5) is 16.3 Å². The summed E-state index contributed by atoms with van der Waals surface area (Å²) in [6.45, 7) is 4.72. The molecule has 1 aromatic carbocycles. The SMILES string of the molecule is CCOC(=O)N1CCN(c2ccc(NC(=O)c3cccc(OC)c3)cn2)CC1. The highest BCUT2D eigenvalue weighted by Crippen LogP contribution is 2.18. The van der Waals surface area contributed by atoms with E-state index in [2.05, 4.69) is 15.2 Å². The van der Waals surface area contributed by atoms with E-state index in [1.807, 2.05) is 12.1 Å². The third-order valence-electron chi connectivity index (χ3n) is 4.47. The molecule has 2 heterocycles. The molecule has 8 heteroatoms. The number of methoxy groups -OCH3 is 1. The van der Waals surface area contributed by atoms with Crippen LogP contribution in [0.5, 0.6) is 5.75 Å². The Kier molecular flexibility index (Phi) is 6.31. The molecular formula is C20H24N4O4. The van der Waals surface area contributed by atoms with Crippen LogP contribution in [0.25, 0.3) is 0 Å². The first-order chi connectivity index (χ1) is 13.6. The van der Waals surface area contributed by atoms with E-state index < -0.39 is 0 Å². The lowest BCUT2D eigenvalue weighted by molar-refractivity contribution is 0.102. The van der Waals surface area contributed by atoms with E-state index in [0.29, 0.717) is 49.8 Å². The van der Waals surface area contributed by atoms with Crippen molar-refractivity contribution < 1.29 is 19.1 Å². The summed E-state index contributed by atoms with van der Waals surface area (Å²) in [7, 11) is 1.56. The number of hydrogen-bond donors (Lipinski definition) is 1. The molecule has 28 heavy (non-hydrogen) atoms. The Morgan fingerprint density at radius 3 is 2.57 bits per heavy atom. The van der Waals surface area contributed by atoms with Crippen molar-refractivity contribution in [3.63, 3.8) is 0 Å². The minimum absolute atomic E-state index is 0.225. The molecule has 0 spiro atoms. The molecule has 1 aliphatic heterocycles. The van der Waals surface area contributed by atoms with Crippen LogP contribution in [0.1, 0.15) is 17.3 Å². The number of carbonyl (C=O) groups is 2. The van der Waals surface area contributed by atoms with Crippen molar-refractivity contribution in [1.82, 2.24) is 9.88 Å². The maximum absolute atomic E-state index is 12.4. The quantitative estimate of drug-likeness (QED) is 0.853. The summed E-state index contributed by atoms with van der Waals surface area (Å²) in [5, 5.41) is 2.83. The second kappa shape index (κ2) is 9.07. The fourth-order valence-corrected chi connectivity index (χ4v) is 2.95. The predicted octanol–water partition coefficient (Wildman–Crippen LogP) is 2.62. The highest BCUT2D eigenvalue weighted by Gasteiger charge is 2.22. The lowest BCUT2D eigenvalue weighted by Gasteiger charge is -2.34. The van der Waals surface area contributed by atoms with E-state index in [9.17, 15) is 9.59 Å². The Labute approximate surface area is 164 Å². The van der Waals surface area contributed by atoms with Crippen LogP contribution in [0.2, 0.25) is 0 Å². The van der Waals surface area contributed by atoms with Crippen molar-refractivity contribution in [2.24, 2.45) is 0 Å². The maximum Gasteiger partial charge on any atom is 0.409 e. The van der Waals surface area contributed by atoms with Crippen molar-refractivity contribution in [1.29, 1.82) is 0 Å². The Morgan fingerprint density at radius 1 is 1.14 bits per heavy atom. The molecule has 0 atom stereocenters. The third kappa shape index (κ3) is 4.70. The molecule has 0 bridgehead atoms. The number of rotatable bonds is 5. The lowest BCUT2D eigenvalue weighted by Crippen LogP contribution is -2.49. The number of anilines is 2. The van der Waals surface area contributed by atoms with Gasteiger partial charge in [0.2, 0.25) is 0 Å². The van der Waals surface area contributed by atoms with Gasteiger partial charge < -0.3 is 24.6 Å². The number of nitrogens with one attached hydrogen (secondary N) is 1. The molecular weight excluding hydrogens is 360 g/mol. The van der Waals surface area contributed by atoms with E-state index in [-0.39, 0.29) is 12.0 Å². The first-order valence-corrected chi connectivity index (χ1v) is 9.19. The second-order valence-electron chi connectivity index (χ2n) is 6.26. The van der Waals surface area contributed by atoms with Crippen LogP contribution < -0.4 is 15.0 Å². The minimum Gasteiger partial charge on any atom is -0.497 e. The average molecular weight is 384 g/mol. The maximum atomic E-state index is 12.4. The van der Waals surface area contributed by atoms with Gasteiger partial charge in [0.25, 0.3) is 5.91 Å². The fraction of sp³-hybridized carbons (Fsp3) is 0.350. The van der Waals surface area contributed by atoms with Gasteiger partial charge in [-0.2, -0.15) is 0 Å². The van der Waals surface area contributed by atoms with Gasteiger partial charge in [0, 0.05) is 31.7 Å². The van der Waals surface area contributed by atoms with Gasteiger partial charge in [-0.25, -0.2) is 9.78 Å². The second-order valence-corrected chi connectivity index (χ2v) is 6.26. The normalized spacial score (nSPS) is 13.8. The summed E-state index contributed by atoms with van der Waals surface area (Å²) >= 11 is 0. The van der Waals surface area contributed by atoms with Gasteiger partial charge in [0.1, 0.15) is 11.6 Å². The van der Waals surface area contributed by atoms with Crippen LogP contribution in [0.15, 0.2) is 42.6 Å². The average Bonchev–Trinajstić information content (AvgIpc) is 2.74. The minimum atomic E-state index is -0.272. The molecule has 1 aliphatic rings. The zero-order chi connectivity index (χ0) is 19.9. The van der Waals surface area contributed by atoms with Gasteiger partial charge in [0.05, 0.1) is 25.6 Å². The number of carbonyl (C=O) groups excluding carboxylic acids is 2. The smallest absolute Gasteiger partial charge is 0.409 e. The summed E-state index contributed by atoms with van der Waals surface area (Å²) < 4.78 is 10.2. The van der Waals surface area contributed by atoms with Gasteiger partial charge >= 0.3 is 6.09 Å². The largest absolute Gasteiger partial charge is 0.497 e. The van der Waals surface area contributed by atoms with Crippen molar-refractivity contribution in [3.05, 3.63) is 48.2 Å². The van der Waals surface area contributed by atoms with Gasteiger partial charge in [-0.3, -0.25) is 4.79 Å². The van der Waals surface area contributed by atoms with Crippen molar-refractivity contribution in [2.45, 2.75) is 6.92 Å². The molecule has 148 valence electrons. The number of amides is 2. The number of ether oxygens (including phenoxy) is 2. The van der Waals surface area contributed by atoms with Gasteiger partial charge in [-0.1, -0.05) is 6.07 Å². The Hall–Kier alpha value is -3.29. The van der Waals surface area contributed by atoms with Crippen molar-refractivity contribution in [2.75, 3.05) is 50.1 Å². The molecule has 1 fully saturated rings. The fourth-order valence-electron chi connectivity index (χ4n) is 2.95. The summed E-state index contributed by atoms with van der Waals surface area (Å²) in [5.74, 6) is 1.21. The van der Waals surface area contributed by atoms with E-state index in [4.69, 9.17) is 9.47 Å². The number of benzene rings is 1. The molecule has 2 aromatic rings. The van der Waals surface area contributed by atoms with Crippen LogP contribution in [0.3, 0.4) is 0 Å². The van der Waals surface area contributed by atoms with Crippen molar-refractivity contribution >= 4 is 23.5 Å². The molecule has 3 rings (SSSR count). The molecule has 0 aliphatic carbocycles. The molecule has 1 saturated heterocycles. The molecule has 0 radical (unpaired) electrons. The zero-order valence-electron chi connectivity index (χ0n) is 16.1. The Balaban J connectivity index is 1.56. The lowest BCUT2D eigenvalue weighted by atomic mass is 10.2. The van der Waals surface area contributed by atoms with Crippen LogP contribution in [0, 0.1) is 0 Å². The first kappa shape index (κ1) is 19.5. The topological polar surface area (TPSA) is 84.0 Å². The van der Waals surface area contributed by atoms with Gasteiger partial charge in [-0.15, -0.1) is 0 Å². The van der Waals surface area contributed by atoms with E-state index in [1.54, 1.807) is 49.4 Å². The summed E-state index contributed by atoms with van der Waals surface area (Å²) in [6, 6.07) is 10.6. The van der Waals surface area contributed by atoms with E-state index in [1.165, 1.54) is 0 Å². The molecule has 1 aromatic heterocycles.